The van der Waals surface area contributed by atoms with Crippen molar-refractivity contribution in [3.05, 3.63) is 77.2 Å². The summed E-state index contributed by atoms with van der Waals surface area (Å²) in [5.74, 6) is 1.66. The van der Waals surface area contributed by atoms with Crippen molar-refractivity contribution in [2.75, 3.05) is 69.7 Å². The van der Waals surface area contributed by atoms with E-state index in [0.29, 0.717) is 32.2 Å². The molecule has 0 aliphatic carbocycles. The number of pyridine rings is 1. The number of rotatable bonds is 13. The molecule has 0 radical (unpaired) electrons. The second-order valence-corrected chi connectivity index (χ2v) is 9.76. The summed E-state index contributed by atoms with van der Waals surface area (Å²) in [4.78, 5) is 32.8. The molecule has 0 unspecified atom stereocenters. The number of ether oxygens (including phenoxy) is 1. The molecule has 1 aliphatic heterocycles. The van der Waals surface area contributed by atoms with Crippen molar-refractivity contribution < 1.29 is 9.53 Å². The van der Waals surface area contributed by atoms with Gasteiger partial charge in [-0.15, -0.1) is 0 Å². The Bertz CT molecular complexity index is 1130. The first-order valence-corrected chi connectivity index (χ1v) is 13.4. The maximum Gasteiger partial charge on any atom is 0.237 e. The molecular weight excluding hydrogens is 502 g/mol. The van der Waals surface area contributed by atoms with Gasteiger partial charge in [-0.25, -0.2) is 4.98 Å². The number of hydrogen-bond acceptors (Lipinski definition) is 8. The highest BCUT2D eigenvalue weighted by atomic mass is 35.5. The number of nitrogens with one attached hydrogen (secondary N) is 1. The summed E-state index contributed by atoms with van der Waals surface area (Å²) in [6, 6.07) is 13.7. The molecule has 1 aliphatic rings. The molecule has 0 bridgehead atoms. The number of aromatic nitrogens is 3. The first-order chi connectivity index (χ1) is 18.6. The minimum atomic E-state index is 0.139. The zero-order valence-corrected chi connectivity index (χ0v) is 22.7. The Labute approximate surface area is 229 Å². The molecule has 1 fully saturated rings. The SMILES string of the molecule is COCCCN(Cc1ccncc1)C(=O)CN1CCN(c2ccnc(NCCc3ccc(Cl)cc3)n2)CC1. The molecule has 38 heavy (non-hydrogen) atoms. The van der Waals surface area contributed by atoms with Crippen molar-refractivity contribution >= 4 is 29.3 Å². The van der Waals surface area contributed by atoms with E-state index in [2.05, 4.69) is 25.1 Å². The van der Waals surface area contributed by atoms with Gasteiger partial charge in [0.25, 0.3) is 0 Å². The number of piperazine rings is 1. The van der Waals surface area contributed by atoms with Gasteiger partial charge in [-0.3, -0.25) is 14.7 Å². The number of hydrogen-bond donors (Lipinski definition) is 1. The number of nitrogens with zero attached hydrogens (tertiary/aromatic N) is 6. The average molecular weight is 538 g/mol. The molecule has 1 aromatic carbocycles. The van der Waals surface area contributed by atoms with Crippen LogP contribution in [0.2, 0.25) is 5.02 Å². The van der Waals surface area contributed by atoms with Crippen LogP contribution in [0.5, 0.6) is 0 Å². The fourth-order valence-electron chi connectivity index (χ4n) is 4.41. The topological polar surface area (TPSA) is 86.7 Å². The lowest BCUT2D eigenvalue weighted by atomic mass is 10.1. The van der Waals surface area contributed by atoms with E-state index in [4.69, 9.17) is 21.3 Å². The van der Waals surface area contributed by atoms with E-state index in [-0.39, 0.29) is 5.91 Å². The summed E-state index contributed by atoms with van der Waals surface area (Å²) >= 11 is 5.97. The summed E-state index contributed by atoms with van der Waals surface area (Å²) < 4.78 is 5.20. The van der Waals surface area contributed by atoms with E-state index in [1.165, 1.54) is 5.56 Å². The second-order valence-electron chi connectivity index (χ2n) is 9.32. The van der Waals surface area contributed by atoms with Crippen LogP contribution in [-0.4, -0.2) is 90.2 Å². The lowest BCUT2D eigenvalue weighted by Crippen LogP contribution is -2.50. The van der Waals surface area contributed by atoms with Gasteiger partial charge in [0.15, 0.2) is 0 Å². The Morgan fingerprint density at radius 2 is 1.79 bits per heavy atom. The fourth-order valence-corrected chi connectivity index (χ4v) is 4.53. The molecule has 0 saturated carbocycles. The van der Waals surface area contributed by atoms with Crippen LogP contribution in [0.3, 0.4) is 0 Å². The number of halogens is 1. The van der Waals surface area contributed by atoms with E-state index in [0.717, 1.165) is 62.0 Å². The van der Waals surface area contributed by atoms with Crippen LogP contribution in [0.4, 0.5) is 11.8 Å². The minimum absolute atomic E-state index is 0.139. The van der Waals surface area contributed by atoms with Crippen molar-refractivity contribution in [2.24, 2.45) is 0 Å². The lowest BCUT2D eigenvalue weighted by molar-refractivity contribution is -0.133. The van der Waals surface area contributed by atoms with E-state index < -0.39 is 0 Å². The predicted molar refractivity (Wildman–Crippen MR) is 150 cm³/mol. The van der Waals surface area contributed by atoms with Crippen LogP contribution in [-0.2, 0) is 22.5 Å². The third kappa shape index (κ3) is 8.65. The Morgan fingerprint density at radius 1 is 1.03 bits per heavy atom. The van der Waals surface area contributed by atoms with E-state index >= 15 is 0 Å². The number of methoxy groups -OCH3 is 1. The molecule has 9 nitrogen and oxygen atoms in total. The van der Waals surface area contributed by atoms with Crippen LogP contribution in [0.15, 0.2) is 61.1 Å². The van der Waals surface area contributed by atoms with Gasteiger partial charge in [-0.05, 0) is 54.3 Å². The van der Waals surface area contributed by atoms with Crippen molar-refractivity contribution in [3.8, 4) is 0 Å². The van der Waals surface area contributed by atoms with Crippen LogP contribution >= 0.6 is 11.6 Å². The van der Waals surface area contributed by atoms with Crippen molar-refractivity contribution in [2.45, 2.75) is 19.4 Å². The molecule has 10 heteroatoms. The molecule has 3 aromatic rings. The zero-order valence-electron chi connectivity index (χ0n) is 21.9. The number of carbonyl (C=O) groups excluding carboxylic acids is 1. The predicted octanol–water partition coefficient (Wildman–Crippen LogP) is 3.37. The quantitative estimate of drug-likeness (QED) is 0.332. The van der Waals surface area contributed by atoms with Crippen molar-refractivity contribution in [3.63, 3.8) is 0 Å². The molecular formula is C28H36ClN7O2. The highest BCUT2D eigenvalue weighted by molar-refractivity contribution is 6.30. The molecule has 3 heterocycles. The molecule has 0 spiro atoms. The Hall–Kier alpha value is -3.27. The van der Waals surface area contributed by atoms with Crippen LogP contribution < -0.4 is 10.2 Å². The summed E-state index contributed by atoms with van der Waals surface area (Å²) in [7, 11) is 1.69. The minimum Gasteiger partial charge on any atom is -0.385 e. The molecule has 202 valence electrons. The largest absolute Gasteiger partial charge is 0.385 e. The molecule has 4 rings (SSSR count). The Balaban J connectivity index is 1.25. The molecule has 2 aromatic heterocycles. The monoisotopic (exact) mass is 537 g/mol. The summed E-state index contributed by atoms with van der Waals surface area (Å²) in [6.45, 7) is 6.26. The summed E-state index contributed by atoms with van der Waals surface area (Å²) in [5, 5.41) is 4.06. The van der Waals surface area contributed by atoms with E-state index in [9.17, 15) is 4.79 Å². The van der Waals surface area contributed by atoms with Gasteiger partial charge < -0.3 is 19.9 Å². The van der Waals surface area contributed by atoms with Crippen LogP contribution in [0.1, 0.15) is 17.5 Å². The highest BCUT2D eigenvalue weighted by Crippen LogP contribution is 2.16. The standard InChI is InChI=1S/C28H36ClN7O2/c1-38-20-2-15-36(21-24-7-11-30-12-8-24)27(37)22-34-16-18-35(19-17-34)26-10-14-32-28(33-26)31-13-9-23-3-5-25(29)6-4-23/h3-8,10-12,14H,2,9,13,15-22H2,1H3,(H,31,32,33). The van der Waals surface area contributed by atoms with E-state index in [1.54, 1.807) is 25.7 Å². The highest BCUT2D eigenvalue weighted by Gasteiger charge is 2.23. The van der Waals surface area contributed by atoms with Crippen LogP contribution in [0, 0.1) is 0 Å². The first kappa shape index (κ1) is 27.8. The van der Waals surface area contributed by atoms with Gasteiger partial charge >= 0.3 is 0 Å². The maximum atomic E-state index is 13.2. The second kappa shape index (κ2) is 14.6. The van der Waals surface area contributed by atoms with Gasteiger partial charge in [-0.1, -0.05) is 23.7 Å². The smallest absolute Gasteiger partial charge is 0.237 e. The molecule has 1 saturated heterocycles. The van der Waals surface area contributed by atoms with Gasteiger partial charge in [0.1, 0.15) is 5.82 Å². The van der Waals surface area contributed by atoms with Gasteiger partial charge in [0.2, 0.25) is 11.9 Å². The Kier molecular flexibility index (Phi) is 10.7. The average Bonchev–Trinajstić information content (AvgIpc) is 2.95. The third-order valence-corrected chi connectivity index (χ3v) is 6.81. The molecule has 1 amide bonds. The summed E-state index contributed by atoms with van der Waals surface area (Å²) in [5.41, 5.74) is 2.29. The van der Waals surface area contributed by atoms with Gasteiger partial charge in [-0.2, -0.15) is 4.98 Å². The lowest BCUT2D eigenvalue weighted by Gasteiger charge is -2.36. The van der Waals surface area contributed by atoms with Gasteiger partial charge in [0, 0.05) is 83.1 Å². The maximum absolute atomic E-state index is 13.2. The summed E-state index contributed by atoms with van der Waals surface area (Å²) in [6.07, 6.45) is 6.99. The zero-order chi connectivity index (χ0) is 26.6. The Morgan fingerprint density at radius 3 is 2.53 bits per heavy atom. The van der Waals surface area contributed by atoms with Crippen molar-refractivity contribution in [1.29, 1.82) is 0 Å². The van der Waals surface area contributed by atoms with Crippen molar-refractivity contribution in [1.82, 2.24) is 24.8 Å². The third-order valence-electron chi connectivity index (χ3n) is 6.56. The number of carbonyl (C=O) groups is 1. The molecule has 1 N–H and O–H groups in total. The van der Waals surface area contributed by atoms with E-state index in [1.807, 2.05) is 47.4 Å². The number of amides is 1. The number of benzene rings is 1. The van der Waals surface area contributed by atoms with Crippen LogP contribution in [0.25, 0.3) is 0 Å². The normalized spacial score (nSPS) is 13.9. The molecule has 0 atom stereocenters. The first-order valence-electron chi connectivity index (χ1n) is 13.0. The fraction of sp³-hybridized carbons (Fsp3) is 0.429. The van der Waals surface area contributed by atoms with Gasteiger partial charge in [0.05, 0.1) is 6.54 Å². The number of anilines is 2.